The van der Waals surface area contributed by atoms with Crippen LogP contribution in [0.4, 0.5) is 5.69 Å². The highest BCUT2D eigenvalue weighted by Crippen LogP contribution is 2.35. The van der Waals surface area contributed by atoms with E-state index >= 15 is 0 Å². The molecule has 20 heavy (non-hydrogen) atoms. The van der Waals surface area contributed by atoms with Gasteiger partial charge in [0.05, 0.1) is 17.1 Å². The van der Waals surface area contributed by atoms with Gasteiger partial charge in [0.1, 0.15) is 11.4 Å². The Bertz CT molecular complexity index is 592. The highest BCUT2D eigenvalue weighted by Gasteiger charge is 2.28. The van der Waals surface area contributed by atoms with Crippen LogP contribution >= 0.6 is 0 Å². The minimum absolute atomic E-state index is 0.285. The molecule has 0 radical (unpaired) electrons. The van der Waals surface area contributed by atoms with E-state index in [1.54, 1.807) is 18.2 Å². The smallest absolute Gasteiger partial charge is 0.243 e. The Kier molecular flexibility index (Phi) is 3.97. The molecular weight excluding hydrogens is 276 g/mol. The minimum Gasteiger partial charge on any atom is -0.484 e. The molecule has 0 bridgehead atoms. The van der Waals surface area contributed by atoms with Crippen LogP contribution in [-0.2, 0) is 10.0 Å². The number of hydrogen-bond acceptors (Lipinski definition) is 4. The third kappa shape index (κ3) is 2.76. The zero-order valence-corrected chi connectivity index (χ0v) is 13.3. The van der Waals surface area contributed by atoms with Crippen molar-refractivity contribution in [1.29, 1.82) is 0 Å². The summed E-state index contributed by atoms with van der Waals surface area (Å²) in [4.78, 5) is 0.302. The van der Waals surface area contributed by atoms with Gasteiger partial charge in [-0.05, 0) is 32.0 Å². The molecule has 0 aliphatic carbocycles. The molecule has 0 fully saturated rings. The molecule has 0 atom stereocenters. The first-order chi connectivity index (χ1) is 9.30. The summed E-state index contributed by atoms with van der Waals surface area (Å²) in [5.41, 5.74) is 0.448. The molecule has 1 aromatic carbocycles. The van der Waals surface area contributed by atoms with E-state index in [2.05, 4.69) is 5.32 Å². The van der Waals surface area contributed by atoms with E-state index in [1.165, 1.54) is 4.31 Å². The predicted octanol–water partition coefficient (Wildman–Crippen LogP) is 2.30. The molecule has 2 rings (SSSR count). The summed E-state index contributed by atoms with van der Waals surface area (Å²) in [6, 6.07) is 4.98. The number of nitrogens with one attached hydrogen (secondary N) is 1. The molecule has 5 nitrogen and oxygen atoms in total. The maximum Gasteiger partial charge on any atom is 0.243 e. The van der Waals surface area contributed by atoms with Crippen LogP contribution in [0.3, 0.4) is 0 Å². The van der Waals surface area contributed by atoms with Crippen LogP contribution in [0.15, 0.2) is 23.1 Å². The van der Waals surface area contributed by atoms with Crippen molar-refractivity contribution in [1.82, 2.24) is 4.31 Å². The summed E-state index contributed by atoms with van der Waals surface area (Å²) in [6.45, 7) is 9.23. The maximum absolute atomic E-state index is 12.5. The predicted molar refractivity (Wildman–Crippen MR) is 79.7 cm³/mol. The van der Waals surface area contributed by atoms with E-state index in [1.807, 2.05) is 27.7 Å². The third-order valence-corrected chi connectivity index (χ3v) is 5.43. The lowest BCUT2D eigenvalue weighted by molar-refractivity contribution is 0.116. The van der Waals surface area contributed by atoms with Crippen LogP contribution in [0.1, 0.15) is 27.7 Å². The Morgan fingerprint density at radius 3 is 2.55 bits per heavy atom. The summed E-state index contributed by atoms with van der Waals surface area (Å²) in [5.74, 6) is 0.694. The number of rotatable bonds is 4. The van der Waals surface area contributed by atoms with Crippen LogP contribution in [-0.4, -0.2) is 38.0 Å². The lowest BCUT2D eigenvalue weighted by Crippen LogP contribution is -2.40. The van der Waals surface area contributed by atoms with E-state index in [-0.39, 0.29) is 5.60 Å². The normalized spacial score (nSPS) is 17.2. The van der Waals surface area contributed by atoms with Crippen molar-refractivity contribution in [2.24, 2.45) is 0 Å². The minimum atomic E-state index is -3.43. The Morgan fingerprint density at radius 2 is 1.95 bits per heavy atom. The number of anilines is 1. The topological polar surface area (TPSA) is 58.6 Å². The average molecular weight is 298 g/mol. The molecule has 1 aliphatic rings. The van der Waals surface area contributed by atoms with Crippen molar-refractivity contribution in [3.05, 3.63) is 18.2 Å². The molecule has 0 saturated carbocycles. The number of fused-ring (bicyclic) bond motifs is 1. The second kappa shape index (κ2) is 5.26. The van der Waals surface area contributed by atoms with Gasteiger partial charge in [0, 0.05) is 13.1 Å². The van der Waals surface area contributed by atoms with Crippen LogP contribution < -0.4 is 10.1 Å². The third-order valence-electron chi connectivity index (χ3n) is 3.39. The average Bonchev–Trinajstić information content (AvgIpc) is 2.38. The van der Waals surface area contributed by atoms with Crippen molar-refractivity contribution in [3.8, 4) is 5.75 Å². The summed E-state index contributed by atoms with van der Waals surface area (Å²) >= 11 is 0. The highest BCUT2D eigenvalue weighted by molar-refractivity contribution is 7.89. The summed E-state index contributed by atoms with van der Waals surface area (Å²) in [5, 5.41) is 3.23. The van der Waals surface area contributed by atoms with Crippen LogP contribution in [0.2, 0.25) is 0 Å². The fourth-order valence-electron chi connectivity index (χ4n) is 2.25. The molecule has 1 N–H and O–H groups in total. The molecule has 0 amide bonds. The zero-order valence-electron chi connectivity index (χ0n) is 12.4. The Balaban J connectivity index is 2.38. The van der Waals surface area contributed by atoms with Gasteiger partial charge in [-0.3, -0.25) is 0 Å². The second-order valence-electron chi connectivity index (χ2n) is 5.46. The van der Waals surface area contributed by atoms with E-state index in [0.29, 0.717) is 30.3 Å². The number of nitrogens with zero attached hydrogens (tertiary/aromatic N) is 1. The SMILES string of the molecule is CCN(CC)S(=O)(=O)c1ccc2c(c1)NCC(C)(C)O2. The summed E-state index contributed by atoms with van der Waals surface area (Å²) in [6.07, 6.45) is 0. The first-order valence-electron chi connectivity index (χ1n) is 6.87. The fraction of sp³-hybridized carbons (Fsp3) is 0.571. The van der Waals surface area contributed by atoms with Crippen molar-refractivity contribution < 1.29 is 13.2 Å². The van der Waals surface area contributed by atoms with Gasteiger partial charge in [0.15, 0.2) is 0 Å². The fourth-order valence-corrected chi connectivity index (χ4v) is 3.74. The van der Waals surface area contributed by atoms with E-state index in [9.17, 15) is 8.42 Å². The number of benzene rings is 1. The van der Waals surface area contributed by atoms with Gasteiger partial charge in [-0.25, -0.2) is 8.42 Å². The van der Waals surface area contributed by atoms with Gasteiger partial charge < -0.3 is 10.1 Å². The highest BCUT2D eigenvalue weighted by atomic mass is 32.2. The molecule has 0 unspecified atom stereocenters. The molecule has 0 aromatic heterocycles. The lowest BCUT2D eigenvalue weighted by atomic mass is 10.1. The summed E-state index contributed by atoms with van der Waals surface area (Å²) < 4.78 is 32.2. The van der Waals surface area contributed by atoms with Gasteiger partial charge in [-0.2, -0.15) is 4.31 Å². The molecule has 1 aliphatic heterocycles. The van der Waals surface area contributed by atoms with Crippen molar-refractivity contribution in [2.45, 2.75) is 38.2 Å². The van der Waals surface area contributed by atoms with Crippen molar-refractivity contribution in [2.75, 3.05) is 25.0 Å². The lowest BCUT2D eigenvalue weighted by Gasteiger charge is -2.33. The maximum atomic E-state index is 12.5. The van der Waals surface area contributed by atoms with Gasteiger partial charge in [0.25, 0.3) is 0 Å². The number of ether oxygens (including phenoxy) is 1. The first kappa shape index (κ1) is 15.1. The van der Waals surface area contributed by atoms with E-state index in [0.717, 1.165) is 5.69 Å². The first-order valence-corrected chi connectivity index (χ1v) is 8.31. The van der Waals surface area contributed by atoms with Crippen molar-refractivity contribution in [3.63, 3.8) is 0 Å². The molecule has 1 heterocycles. The van der Waals surface area contributed by atoms with Crippen LogP contribution in [0.25, 0.3) is 0 Å². The molecular formula is C14H22N2O3S. The Labute approximate surface area is 121 Å². The molecule has 6 heteroatoms. The van der Waals surface area contributed by atoms with Gasteiger partial charge in [-0.15, -0.1) is 0 Å². The number of hydrogen-bond donors (Lipinski definition) is 1. The molecule has 0 saturated heterocycles. The Morgan fingerprint density at radius 1 is 1.30 bits per heavy atom. The standard InChI is InChI=1S/C14H22N2O3S/c1-5-16(6-2)20(17,18)11-7-8-13-12(9-11)15-10-14(3,4)19-13/h7-9,15H,5-6,10H2,1-4H3. The molecule has 112 valence electrons. The molecule has 1 aromatic rings. The zero-order chi connectivity index (χ0) is 15.0. The largest absolute Gasteiger partial charge is 0.484 e. The quantitative estimate of drug-likeness (QED) is 0.926. The van der Waals surface area contributed by atoms with Gasteiger partial charge >= 0.3 is 0 Å². The van der Waals surface area contributed by atoms with Crippen molar-refractivity contribution >= 4 is 15.7 Å². The van der Waals surface area contributed by atoms with Crippen LogP contribution in [0, 0.1) is 0 Å². The monoisotopic (exact) mass is 298 g/mol. The van der Waals surface area contributed by atoms with Gasteiger partial charge in [0.2, 0.25) is 10.0 Å². The second-order valence-corrected chi connectivity index (χ2v) is 7.40. The Hall–Kier alpha value is -1.27. The van der Waals surface area contributed by atoms with E-state index in [4.69, 9.17) is 4.74 Å². The molecule has 0 spiro atoms. The summed E-state index contributed by atoms with van der Waals surface area (Å²) in [7, 11) is -3.43. The van der Waals surface area contributed by atoms with Gasteiger partial charge in [-0.1, -0.05) is 13.8 Å². The van der Waals surface area contributed by atoms with E-state index < -0.39 is 10.0 Å². The number of sulfonamides is 1. The van der Waals surface area contributed by atoms with Crippen LogP contribution in [0.5, 0.6) is 5.75 Å².